The van der Waals surface area contributed by atoms with Crippen LogP contribution in [0.4, 0.5) is 5.69 Å². The summed E-state index contributed by atoms with van der Waals surface area (Å²) in [7, 11) is -3.25. The summed E-state index contributed by atoms with van der Waals surface area (Å²) in [6.07, 6.45) is 1.05. The van der Waals surface area contributed by atoms with Gasteiger partial charge in [-0.2, -0.15) is 5.10 Å². The Morgan fingerprint density at radius 1 is 1.47 bits per heavy atom. The maximum absolute atomic E-state index is 10.8. The Morgan fingerprint density at radius 3 is 2.47 bits per heavy atom. The highest BCUT2D eigenvalue weighted by Gasteiger charge is 2.21. The number of sulfonamides is 1. The van der Waals surface area contributed by atoms with Gasteiger partial charge in [-0.05, 0) is 13.8 Å². The Labute approximate surface area is 98.8 Å². The van der Waals surface area contributed by atoms with E-state index in [1.165, 1.54) is 4.68 Å². The average Bonchev–Trinajstić information content (AvgIpc) is 2.39. The fourth-order valence-corrected chi connectivity index (χ4v) is 1.97. The second-order valence-corrected chi connectivity index (χ2v) is 5.50. The molecule has 17 heavy (non-hydrogen) atoms. The van der Waals surface area contributed by atoms with Crippen molar-refractivity contribution in [2.24, 2.45) is 0 Å². The molecule has 0 aliphatic rings. The van der Waals surface area contributed by atoms with Crippen molar-refractivity contribution in [3.8, 4) is 0 Å². The van der Waals surface area contributed by atoms with E-state index in [4.69, 9.17) is 0 Å². The summed E-state index contributed by atoms with van der Waals surface area (Å²) in [5.41, 5.74) is 0.721. The van der Waals surface area contributed by atoms with Gasteiger partial charge in [0.1, 0.15) is 11.4 Å². The minimum Gasteiger partial charge on any atom is -0.261 e. The first-order valence-electron chi connectivity index (χ1n) is 4.85. The van der Waals surface area contributed by atoms with Crippen LogP contribution < -0.4 is 4.72 Å². The van der Waals surface area contributed by atoms with Crippen molar-refractivity contribution in [2.45, 2.75) is 20.4 Å². The Hall–Kier alpha value is -1.48. The highest BCUT2D eigenvalue weighted by Crippen LogP contribution is 2.21. The monoisotopic (exact) mass is 262 g/mol. The zero-order chi connectivity index (χ0) is 13.2. The third-order valence-corrected chi connectivity index (χ3v) is 2.94. The van der Waals surface area contributed by atoms with Gasteiger partial charge in [0.2, 0.25) is 10.0 Å². The van der Waals surface area contributed by atoms with E-state index >= 15 is 0 Å². The molecule has 8 nitrogen and oxygen atoms in total. The van der Waals surface area contributed by atoms with Crippen LogP contribution in [0.25, 0.3) is 0 Å². The van der Waals surface area contributed by atoms with E-state index in [0.29, 0.717) is 11.4 Å². The van der Waals surface area contributed by atoms with E-state index in [0.717, 1.165) is 6.26 Å². The van der Waals surface area contributed by atoms with E-state index in [2.05, 4.69) is 9.82 Å². The normalized spacial score (nSPS) is 11.7. The lowest BCUT2D eigenvalue weighted by Gasteiger charge is -2.03. The second kappa shape index (κ2) is 4.80. The van der Waals surface area contributed by atoms with Gasteiger partial charge < -0.3 is 0 Å². The molecule has 1 aromatic rings. The maximum Gasteiger partial charge on any atom is 0.312 e. The largest absolute Gasteiger partial charge is 0.312 e. The van der Waals surface area contributed by atoms with Gasteiger partial charge in [-0.15, -0.1) is 0 Å². The van der Waals surface area contributed by atoms with Crippen LogP contribution in [0.1, 0.15) is 11.4 Å². The molecule has 0 aliphatic carbocycles. The molecule has 0 amide bonds. The summed E-state index contributed by atoms with van der Waals surface area (Å²) in [5, 5.41) is 14.7. The lowest BCUT2D eigenvalue weighted by molar-refractivity contribution is -0.386. The van der Waals surface area contributed by atoms with Crippen LogP contribution in [0.15, 0.2) is 0 Å². The number of nitrogens with one attached hydrogen (secondary N) is 1. The van der Waals surface area contributed by atoms with Crippen LogP contribution >= 0.6 is 0 Å². The van der Waals surface area contributed by atoms with Crippen LogP contribution in [0, 0.1) is 24.0 Å². The Morgan fingerprint density at radius 2 is 2.06 bits per heavy atom. The second-order valence-electron chi connectivity index (χ2n) is 3.67. The first-order valence-corrected chi connectivity index (χ1v) is 6.74. The molecule has 0 bridgehead atoms. The summed E-state index contributed by atoms with van der Waals surface area (Å²) < 4.78 is 25.4. The standard InChI is InChI=1S/C8H14N4O4S/c1-6-8(12(13)14)7(2)11(10-6)5-4-9-17(3,15)16/h9H,4-5H2,1-3H3. The van der Waals surface area contributed by atoms with Crippen molar-refractivity contribution in [2.75, 3.05) is 12.8 Å². The van der Waals surface area contributed by atoms with Crippen molar-refractivity contribution >= 4 is 15.7 Å². The Kier molecular flexibility index (Phi) is 3.83. The number of rotatable bonds is 5. The predicted molar refractivity (Wildman–Crippen MR) is 61.2 cm³/mol. The van der Waals surface area contributed by atoms with Crippen molar-refractivity contribution < 1.29 is 13.3 Å². The fourth-order valence-electron chi connectivity index (χ4n) is 1.51. The van der Waals surface area contributed by atoms with E-state index in [1.807, 2.05) is 0 Å². The van der Waals surface area contributed by atoms with E-state index in [-0.39, 0.29) is 18.8 Å². The summed E-state index contributed by atoms with van der Waals surface area (Å²) in [4.78, 5) is 10.2. The van der Waals surface area contributed by atoms with Gasteiger partial charge in [-0.1, -0.05) is 0 Å². The molecular weight excluding hydrogens is 248 g/mol. The van der Waals surface area contributed by atoms with Crippen molar-refractivity contribution in [3.05, 3.63) is 21.5 Å². The molecule has 0 aliphatic heterocycles. The summed E-state index contributed by atoms with van der Waals surface area (Å²) in [6, 6.07) is 0. The average molecular weight is 262 g/mol. The predicted octanol–water partition coefficient (Wildman–Crippen LogP) is -0.0427. The summed E-state index contributed by atoms with van der Waals surface area (Å²) in [6.45, 7) is 3.54. The molecule has 9 heteroatoms. The lowest BCUT2D eigenvalue weighted by atomic mass is 10.3. The number of nitro groups is 1. The number of hydrogen-bond acceptors (Lipinski definition) is 5. The summed E-state index contributed by atoms with van der Waals surface area (Å²) in [5.74, 6) is 0. The first-order chi connectivity index (χ1) is 7.72. The first kappa shape index (κ1) is 13.6. The van der Waals surface area contributed by atoms with Crippen LogP contribution in [-0.4, -0.2) is 35.9 Å². The third-order valence-electron chi connectivity index (χ3n) is 2.21. The van der Waals surface area contributed by atoms with Crippen LogP contribution in [0.3, 0.4) is 0 Å². The maximum atomic E-state index is 10.8. The molecular formula is C8H14N4O4S. The lowest BCUT2D eigenvalue weighted by Crippen LogP contribution is -2.26. The number of hydrogen-bond donors (Lipinski definition) is 1. The van der Waals surface area contributed by atoms with Gasteiger partial charge in [0.05, 0.1) is 17.7 Å². The van der Waals surface area contributed by atoms with Crippen LogP contribution in [0.5, 0.6) is 0 Å². The quantitative estimate of drug-likeness (QED) is 0.591. The van der Waals surface area contributed by atoms with Gasteiger partial charge in [0.15, 0.2) is 0 Å². The van der Waals surface area contributed by atoms with Gasteiger partial charge in [0.25, 0.3) is 0 Å². The molecule has 0 aromatic carbocycles. The Bertz CT molecular complexity index is 534. The molecule has 0 radical (unpaired) electrons. The fraction of sp³-hybridized carbons (Fsp3) is 0.625. The third kappa shape index (κ3) is 3.49. The van der Waals surface area contributed by atoms with Crippen molar-refractivity contribution in [1.82, 2.24) is 14.5 Å². The molecule has 1 rings (SSSR count). The molecule has 0 saturated carbocycles. The van der Waals surface area contributed by atoms with Crippen molar-refractivity contribution in [3.63, 3.8) is 0 Å². The zero-order valence-corrected chi connectivity index (χ0v) is 10.6. The number of nitrogens with zero attached hydrogens (tertiary/aromatic N) is 3. The van der Waals surface area contributed by atoms with E-state index < -0.39 is 14.9 Å². The van der Waals surface area contributed by atoms with E-state index in [1.54, 1.807) is 13.8 Å². The molecule has 0 saturated heterocycles. The molecule has 0 fully saturated rings. The number of aryl methyl sites for hydroxylation is 1. The van der Waals surface area contributed by atoms with Gasteiger partial charge >= 0.3 is 5.69 Å². The molecule has 1 heterocycles. The highest BCUT2D eigenvalue weighted by atomic mass is 32.2. The van der Waals surface area contributed by atoms with Gasteiger partial charge in [-0.3, -0.25) is 14.8 Å². The minimum atomic E-state index is -3.25. The minimum absolute atomic E-state index is 0.0237. The molecule has 96 valence electrons. The molecule has 1 N–H and O–H groups in total. The molecule has 0 spiro atoms. The smallest absolute Gasteiger partial charge is 0.261 e. The molecule has 0 atom stereocenters. The van der Waals surface area contributed by atoms with Crippen LogP contribution in [-0.2, 0) is 16.6 Å². The topological polar surface area (TPSA) is 107 Å². The Balaban J connectivity index is 2.80. The van der Waals surface area contributed by atoms with Gasteiger partial charge in [0, 0.05) is 6.54 Å². The SMILES string of the molecule is Cc1nn(CCNS(C)(=O)=O)c(C)c1[N+](=O)[O-]. The molecule has 0 unspecified atom stereocenters. The van der Waals surface area contributed by atoms with Crippen LogP contribution in [0.2, 0.25) is 0 Å². The van der Waals surface area contributed by atoms with Crippen molar-refractivity contribution in [1.29, 1.82) is 0 Å². The summed E-state index contributed by atoms with van der Waals surface area (Å²) >= 11 is 0. The van der Waals surface area contributed by atoms with E-state index in [9.17, 15) is 18.5 Å². The number of aromatic nitrogens is 2. The van der Waals surface area contributed by atoms with Gasteiger partial charge in [-0.25, -0.2) is 13.1 Å². The molecule has 1 aromatic heterocycles. The highest BCUT2D eigenvalue weighted by molar-refractivity contribution is 7.88. The zero-order valence-electron chi connectivity index (χ0n) is 9.80.